The predicted molar refractivity (Wildman–Crippen MR) is 98.3 cm³/mol. The Kier molecular flexibility index (Phi) is 5.48. The van der Waals surface area contributed by atoms with Crippen LogP contribution in [0.25, 0.3) is 0 Å². The Labute approximate surface area is 148 Å². The summed E-state index contributed by atoms with van der Waals surface area (Å²) in [7, 11) is 1.63. The van der Waals surface area contributed by atoms with Crippen LogP contribution in [0.1, 0.15) is 37.7 Å². The zero-order valence-corrected chi connectivity index (χ0v) is 14.7. The summed E-state index contributed by atoms with van der Waals surface area (Å²) in [6.45, 7) is 2.01. The van der Waals surface area contributed by atoms with Crippen LogP contribution in [0.2, 0.25) is 0 Å². The summed E-state index contributed by atoms with van der Waals surface area (Å²) in [4.78, 5) is 12.3. The van der Waals surface area contributed by atoms with Crippen LogP contribution in [0.4, 0.5) is 17.3 Å². The number of nitrogens with one attached hydrogen (secondary N) is 2. The second kappa shape index (κ2) is 7.96. The van der Waals surface area contributed by atoms with Gasteiger partial charge in [0.15, 0.2) is 11.6 Å². The molecule has 132 valence electrons. The molecule has 1 aromatic heterocycles. The van der Waals surface area contributed by atoms with Gasteiger partial charge in [0, 0.05) is 5.92 Å². The highest BCUT2D eigenvalue weighted by Gasteiger charge is 2.21. The van der Waals surface area contributed by atoms with E-state index in [0.29, 0.717) is 11.6 Å². The number of benzene rings is 1. The van der Waals surface area contributed by atoms with Crippen molar-refractivity contribution in [3.05, 3.63) is 35.9 Å². The Balaban J connectivity index is 1.64. The molecule has 0 atom stereocenters. The third-order valence-electron chi connectivity index (χ3n) is 4.51. The summed E-state index contributed by atoms with van der Waals surface area (Å²) >= 11 is 0. The number of aryl methyl sites for hydroxylation is 1. The molecule has 0 spiro atoms. The van der Waals surface area contributed by atoms with E-state index in [1.165, 1.54) is 6.42 Å². The van der Waals surface area contributed by atoms with Gasteiger partial charge in [-0.05, 0) is 49.6 Å². The van der Waals surface area contributed by atoms with Gasteiger partial charge in [0.1, 0.15) is 5.75 Å². The lowest BCUT2D eigenvalue weighted by atomic mass is 9.89. The smallest absolute Gasteiger partial charge is 0.228 e. The van der Waals surface area contributed by atoms with Gasteiger partial charge in [0.25, 0.3) is 0 Å². The quantitative estimate of drug-likeness (QED) is 0.858. The number of ether oxygens (including phenoxy) is 1. The lowest BCUT2D eigenvalue weighted by Crippen LogP contribution is -2.25. The van der Waals surface area contributed by atoms with Crippen LogP contribution in [0, 0.1) is 12.8 Å². The van der Waals surface area contributed by atoms with Crippen molar-refractivity contribution >= 4 is 23.2 Å². The minimum Gasteiger partial charge on any atom is -0.495 e. The average molecular weight is 340 g/mol. The van der Waals surface area contributed by atoms with E-state index in [2.05, 4.69) is 20.8 Å². The third-order valence-corrected chi connectivity index (χ3v) is 4.51. The van der Waals surface area contributed by atoms with Crippen LogP contribution in [-0.2, 0) is 4.79 Å². The number of amides is 1. The Morgan fingerprint density at radius 1 is 1.08 bits per heavy atom. The number of hydrogen-bond acceptors (Lipinski definition) is 5. The van der Waals surface area contributed by atoms with Crippen LogP contribution in [0.5, 0.6) is 5.75 Å². The van der Waals surface area contributed by atoms with Crippen molar-refractivity contribution in [2.45, 2.75) is 39.0 Å². The molecule has 2 N–H and O–H groups in total. The summed E-state index contributed by atoms with van der Waals surface area (Å²) in [5.41, 5.74) is 1.95. The highest BCUT2D eigenvalue weighted by molar-refractivity contribution is 5.91. The van der Waals surface area contributed by atoms with E-state index >= 15 is 0 Å². The molecule has 0 saturated heterocycles. The summed E-state index contributed by atoms with van der Waals surface area (Å²) in [6.07, 6.45) is 5.42. The summed E-state index contributed by atoms with van der Waals surface area (Å²) in [5, 5.41) is 14.3. The SMILES string of the molecule is COc1ccc(C)cc1Nc1ccc(NC(=O)C2CCCCC2)nn1. The molecule has 3 rings (SSSR count). The molecule has 0 unspecified atom stereocenters. The summed E-state index contributed by atoms with van der Waals surface area (Å²) < 4.78 is 5.35. The first-order valence-corrected chi connectivity index (χ1v) is 8.72. The van der Waals surface area contributed by atoms with E-state index < -0.39 is 0 Å². The van der Waals surface area contributed by atoms with E-state index in [1.54, 1.807) is 19.2 Å². The Morgan fingerprint density at radius 2 is 1.80 bits per heavy atom. The number of nitrogens with zero attached hydrogens (tertiary/aromatic N) is 2. The van der Waals surface area contributed by atoms with Gasteiger partial charge in [0.05, 0.1) is 12.8 Å². The number of carbonyl (C=O) groups excluding carboxylic acids is 1. The van der Waals surface area contributed by atoms with Crippen LogP contribution >= 0.6 is 0 Å². The van der Waals surface area contributed by atoms with Gasteiger partial charge in [-0.1, -0.05) is 25.3 Å². The van der Waals surface area contributed by atoms with Crippen molar-refractivity contribution in [1.29, 1.82) is 0 Å². The molecule has 1 aliphatic rings. The number of aromatic nitrogens is 2. The fraction of sp³-hybridized carbons (Fsp3) is 0.421. The van der Waals surface area contributed by atoms with Gasteiger partial charge in [-0.2, -0.15) is 0 Å². The van der Waals surface area contributed by atoms with Crippen molar-refractivity contribution < 1.29 is 9.53 Å². The van der Waals surface area contributed by atoms with Crippen LogP contribution in [0.15, 0.2) is 30.3 Å². The van der Waals surface area contributed by atoms with Crippen LogP contribution < -0.4 is 15.4 Å². The largest absolute Gasteiger partial charge is 0.495 e. The topological polar surface area (TPSA) is 76.1 Å². The molecule has 0 radical (unpaired) electrons. The number of methoxy groups -OCH3 is 1. The van der Waals surface area contributed by atoms with E-state index in [1.807, 2.05) is 25.1 Å². The minimum absolute atomic E-state index is 0.0510. The van der Waals surface area contributed by atoms with E-state index in [-0.39, 0.29) is 11.8 Å². The maximum Gasteiger partial charge on any atom is 0.228 e. The molecule has 0 bridgehead atoms. The molecule has 0 aliphatic heterocycles. The van der Waals surface area contributed by atoms with Crippen molar-refractivity contribution in [2.75, 3.05) is 17.7 Å². The number of anilines is 3. The lowest BCUT2D eigenvalue weighted by Gasteiger charge is -2.20. The van der Waals surface area contributed by atoms with E-state index in [0.717, 1.165) is 42.7 Å². The van der Waals surface area contributed by atoms with Crippen LogP contribution in [-0.4, -0.2) is 23.2 Å². The Hall–Kier alpha value is -2.63. The Bertz CT molecular complexity index is 725. The third kappa shape index (κ3) is 4.47. The van der Waals surface area contributed by atoms with Gasteiger partial charge in [0.2, 0.25) is 5.91 Å². The normalized spacial score (nSPS) is 14.8. The lowest BCUT2D eigenvalue weighted by molar-refractivity contribution is -0.120. The zero-order chi connectivity index (χ0) is 17.6. The number of rotatable bonds is 5. The molecule has 1 amide bonds. The maximum absolute atomic E-state index is 12.3. The predicted octanol–water partition coefficient (Wildman–Crippen LogP) is 4.06. The molecule has 1 heterocycles. The molecule has 25 heavy (non-hydrogen) atoms. The highest BCUT2D eigenvalue weighted by atomic mass is 16.5. The first kappa shape index (κ1) is 17.2. The first-order valence-electron chi connectivity index (χ1n) is 8.72. The summed E-state index contributed by atoms with van der Waals surface area (Å²) in [6, 6.07) is 9.44. The van der Waals surface area contributed by atoms with Crippen molar-refractivity contribution in [1.82, 2.24) is 10.2 Å². The van der Waals surface area contributed by atoms with E-state index in [4.69, 9.17) is 4.74 Å². The summed E-state index contributed by atoms with van der Waals surface area (Å²) in [5.74, 6) is 1.97. The van der Waals surface area contributed by atoms with Gasteiger partial charge in [-0.15, -0.1) is 10.2 Å². The van der Waals surface area contributed by atoms with Crippen molar-refractivity contribution in [2.24, 2.45) is 5.92 Å². The molecular weight excluding hydrogens is 316 g/mol. The first-order chi connectivity index (χ1) is 12.2. The molecular formula is C19H24N4O2. The molecule has 1 saturated carbocycles. The molecule has 1 fully saturated rings. The monoisotopic (exact) mass is 340 g/mol. The fourth-order valence-electron chi connectivity index (χ4n) is 3.12. The highest BCUT2D eigenvalue weighted by Crippen LogP contribution is 2.28. The van der Waals surface area contributed by atoms with Crippen LogP contribution in [0.3, 0.4) is 0 Å². The second-order valence-electron chi connectivity index (χ2n) is 6.46. The standard InChI is InChI=1S/C19H24N4O2/c1-13-8-9-16(25-2)15(12-13)20-17-10-11-18(23-22-17)21-19(24)14-6-4-3-5-7-14/h8-12,14H,3-7H2,1-2H3,(H,20,22)(H,21,23,24). The van der Waals surface area contributed by atoms with E-state index in [9.17, 15) is 4.79 Å². The zero-order valence-electron chi connectivity index (χ0n) is 14.7. The fourth-order valence-corrected chi connectivity index (χ4v) is 3.12. The molecule has 6 heteroatoms. The van der Waals surface area contributed by atoms with Crippen molar-refractivity contribution in [3.8, 4) is 5.75 Å². The van der Waals surface area contributed by atoms with Gasteiger partial charge in [-0.3, -0.25) is 4.79 Å². The minimum atomic E-state index is 0.0510. The molecule has 2 aromatic rings. The number of hydrogen-bond donors (Lipinski definition) is 2. The maximum atomic E-state index is 12.3. The molecule has 1 aliphatic carbocycles. The second-order valence-corrected chi connectivity index (χ2v) is 6.46. The van der Waals surface area contributed by atoms with Gasteiger partial charge < -0.3 is 15.4 Å². The average Bonchev–Trinajstić information content (AvgIpc) is 2.64. The molecule has 1 aromatic carbocycles. The molecule has 6 nitrogen and oxygen atoms in total. The Morgan fingerprint density at radius 3 is 2.48 bits per heavy atom. The van der Waals surface area contributed by atoms with Crippen molar-refractivity contribution in [3.63, 3.8) is 0 Å². The number of carbonyl (C=O) groups is 1. The van der Waals surface area contributed by atoms with Gasteiger partial charge >= 0.3 is 0 Å². The van der Waals surface area contributed by atoms with Gasteiger partial charge in [-0.25, -0.2) is 0 Å².